The number of rotatable bonds is 4. The van der Waals surface area contributed by atoms with Crippen molar-refractivity contribution in [2.45, 2.75) is 36.9 Å². The van der Waals surface area contributed by atoms with E-state index in [0.717, 1.165) is 37.9 Å². The summed E-state index contributed by atoms with van der Waals surface area (Å²) < 4.78 is 0. The van der Waals surface area contributed by atoms with E-state index in [4.69, 9.17) is 5.73 Å². The van der Waals surface area contributed by atoms with E-state index in [2.05, 4.69) is 34.4 Å². The fraction of sp³-hybridized carbons (Fsp3) is 0.450. The van der Waals surface area contributed by atoms with Crippen LogP contribution in [0.4, 0.5) is 0 Å². The van der Waals surface area contributed by atoms with Crippen molar-refractivity contribution in [2.75, 3.05) is 20.1 Å². The number of pyridine rings is 1. The molecule has 5 nitrogen and oxygen atoms in total. The Kier molecular flexibility index (Phi) is 4.23. The normalized spacial score (nSPS) is 28.6. The highest BCUT2D eigenvalue weighted by Crippen LogP contribution is 2.42. The molecule has 0 unspecified atom stereocenters. The van der Waals surface area contributed by atoms with Gasteiger partial charge in [0, 0.05) is 31.0 Å². The molecule has 1 fully saturated rings. The summed E-state index contributed by atoms with van der Waals surface area (Å²) in [5.74, 6) is 0.302. The van der Waals surface area contributed by atoms with Gasteiger partial charge < -0.3 is 21.1 Å². The molecule has 0 radical (unpaired) electrons. The lowest BCUT2D eigenvalue weighted by atomic mass is 9.66. The molecule has 1 aromatic heterocycles. The predicted molar refractivity (Wildman–Crippen MR) is 98.4 cm³/mol. The number of nitrogens with zero attached hydrogens (tertiary/aromatic N) is 2. The average Bonchev–Trinajstić information content (AvgIpc) is 2.62. The van der Waals surface area contributed by atoms with E-state index in [9.17, 15) is 5.11 Å². The van der Waals surface area contributed by atoms with Gasteiger partial charge in [-0.15, -0.1) is 0 Å². The van der Waals surface area contributed by atoms with Gasteiger partial charge in [-0.3, -0.25) is 4.98 Å². The van der Waals surface area contributed by atoms with Crippen LogP contribution >= 0.6 is 0 Å². The van der Waals surface area contributed by atoms with E-state index >= 15 is 0 Å². The summed E-state index contributed by atoms with van der Waals surface area (Å²) in [6.07, 6.45) is 6.49. The summed E-state index contributed by atoms with van der Waals surface area (Å²) in [6, 6.07) is 10.4. The molecule has 1 saturated heterocycles. The van der Waals surface area contributed by atoms with Crippen molar-refractivity contribution in [3.63, 3.8) is 0 Å². The van der Waals surface area contributed by atoms with Crippen molar-refractivity contribution in [2.24, 2.45) is 5.73 Å². The van der Waals surface area contributed by atoms with Crippen molar-refractivity contribution in [1.82, 2.24) is 15.2 Å². The largest absolute Gasteiger partial charge is 0.508 e. The fourth-order valence-electron chi connectivity index (χ4n) is 4.50. The van der Waals surface area contributed by atoms with Crippen LogP contribution in [0.3, 0.4) is 0 Å². The first-order valence-corrected chi connectivity index (χ1v) is 9.02. The van der Waals surface area contributed by atoms with E-state index in [0.29, 0.717) is 11.8 Å². The highest BCUT2D eigenvalue weighted by Gasteiger charge is 2.50. The number of aromatic hydroxyl groups is 1. The molecule has 25 heavy (non-hydrogen) atoms. The number of phenolic OH excluding ortho intramolecular Hbond substituents is 1. The summed E-state index contributed by atoms with van der Waals surface area (Å²) in [5.41, 5.74) is 10.2. The number of hydrogen-bond donors (Lipinski definition) is 3. The maximum atomic E-state index is 9.97. The Morgan fingerprint density at radius 1 is 1.32 bits per heavy atom. The Balaban J connectivity index is 1.58. The summed E-state index contributed by atoms with van der Waals surface area (Å²) in [6.45, 7) is 1.87. The number of benzene rings is 1. The molecule has 0 spiro atoms. The van der Waals surface area contributed by atoms with E-state index in [1.54, 1.807) is 6.07 Å². The van der Waals surface area contributed by atoms with Crippen LogP contribution in [0.25, 0.3) is 0 Å². The topological polar surface area (TPSA) is 74.4 Å². The molecular weight excluding hydrogens is 312 g/mol. The van der Waals surface area contributed by atoms with Crippen LogP contribution < -0.4 is 11.1 Å². The van der Waals surface area contributed by atoms with Crippen molar-refractivity contribution in [3.05, 3.63) is 59.4 Å². The lowest BCUT2D eigenvalue weighted by molar-refractivity contribution is 0.0600. The van der Waals surface area contributed by atoms with Gasteiger partial charge >= 0.3 is 0 Å². The number of hydrogen-bond acceptors (Lipinski definition) is 5. The zero-order chi connectivity index (χ0) is 17.4. The quantitative estimate of drug-likeness (QED) is 0.786. The number of aromatic nitrogens is 1. The van der Waals surface area contributed by atoms with Crippen molar-refractivity contribution >= 4 is 0 Å². The molecule has 0 saturated carbocycles. The van der Waals surface area contributed by atoms with Crippen LogP contribution in [0.1, 0.15) is 23.1 Å². The van der Waals surface area contributed by atoms with Gasteiger partial charge in [-0.2, -0.15) is 0 Å². The van der Waals surface area contributed by atoms with Gasteiger partial charge in [0.1, 0.15) is 5.75 Å². The molecule has 2 aromatic rings. The number of nitrogens with one attached hydrogen (secondary N) is 1. The SMILES string of the molecule is CN1CC[C@@]2(N)c3cc(O)ccc3C[C@@H]1[C@H]2NCCc1ccncc1. The average molecular weight is 338 g/mol. The maximum Gasteiger partial charge on any atom is 0.115 e. The second-order valence-electron chi connectivity index (χ2n) is 7.42. The third-order valence-electron chi connectivity index (χ3n) is 5.94. The fourth-order valence-corrected chi connectivity index (χ4v) is 4.50. The first-order valence-electron chi connectivity index (χ1n) is 9.02. The summed E-state index contributed by atoms with van der Waals surface area (Å²) in [4.78, 5) is 6.49. The molecule has 4 rings (SSSR count). The minimum Gasteiger partial charge on any atom is -0.508 e. The monoisotopic (exact) mass is 338 g/mol. The molecule has 2 bridgehead atoms. The van der Waals surface area contributed by atoms with Crippen molar-refractivity contribution < 1.29 is 5.11 Å². The van der Waals surface area contributed by atoms with Crippen LogP contribution in [-0.2, 0) is 18.4 Å². The van der Waals surface area contributed by atoms with Gasteiger partial charge in [-0.1, -0.05) is 6.07 Å². The number of nitrogens with two attached hydrogens (primary N) is 1. The molecule has 2 aliphatic rings. The molecule has 1 aromatic carbocycles. The Morgan fingerprint density at radius 3 is 2.92 bits per heavy atom. The lowest BCUT2D eigenvalue weighted by Gasteiger charge is -2.54. The number of phenols is 1. The Bertz CT molecular complexity index is 751. The van der Waals surface area contributed by atoms with E-state index < -0.39 is 5.54 Å². The number of likely N-dealkylation sites (N-methyl/N-ethyl adjacent to an activating group) is 1. The molecule has 3 atom stereocenters. The van der Waals surface area contributed by atoms with Gasteiger partial charge in [0.25, 0.3) is 0 Å². The van der Waals surface area contributed by atoms with Crippen LogP contribution in [0.5, 0.6) is 5.75 Å². The zero-order valence-electron chi connectivity index (χ0n) is 14.7. The minimum atomic E-state index is -0.429. The molecule has 4 N–H and O–H groups in total. The molecule has 2 heterocycles. The smallest absolute Gasteiger partial charge is 0.115 e. The third kappa shape index (κ3) is 2.92. The second-order valence-corrected chi connectivity index (χ2v) is 7.42. The second kappa shape index (κ2) is 6.41. The Morgan fingerprint density at radius 2 is 2.12 bits per heavy atom. The molecule has 1 aliphatic heterocycles. The van der Waals surface area contributed by atoms with Gasteiger partial charge in [0.15, 0.2) is 0 Å². The summed E-state index contributed by atoms with van der Waals surface area (Å²) in [5, 5.41) is 13.7. The van der Waals surface area contributed by atoms with E-state index in [-0.39, 0.29) is 6.04 Å². The maximum absolute atomic E-state index is 9.97. The molecule has 0 amide bonds. The molecule has 1 aliphatic carbocycles. The molecule has 132 valence electrons. The van der Waals surface area contributed by atoms with Crippen LogP contribution in [0.2, 0.25) is 0 Å². The van der Waals surface area contributed by atoms with E-state index in [1.165, 1.54) is 11.1 Å². The van der Waals surface area contributed by atoms with Gasteiger partial charge in [-0.25, -0.2) is 0 Å². The number of piperidine rings is 1. The van der Waals surface area contributed by atoms with Crippen LogP contribution in [0.15, 0.2) is 42.7 Å². The summed E-state index contributed by atoms with van der Waals surface area (Å²) >= 11 is 0. The first-order chi connectivity index (χ1) is 12.1. The van der Waals surface area contributed by atoms with Gasteiger partial charge in [0.05, 0.1) is 5.54 Å². The van der Waals surface area contributed by atoms with Crippen LogP contribution in [-0.4, -0.2) is 47.2 Å². The third-order valence-corrected chi connectivity index (χ3v) is 5.94. The molecule has 5 heteroatoms. The number of fused-ring (bicyclic) bond motifs is 4. The Labute approximate surface area is 148 Å². The standard InChI is InChI=1S/C20H26N4O/c1-24-11-7-20(21)17-13-16(25)3-2-15(17)12-18(24)19(20)23-10-6-14-4-8-22-9-5-14/h2-5,8-9,13,18-19,23,25H,6-7,10-12,21H2,1H3/t18-,19-,20-/m1/s1. The zero-order valence-corrected chi connectivity index (χ0v) is 14.7. The predicted octanol–water partition coefficient (Wildman–Crippen LogP) is 1.40. The number of likely N-dealkylation sites (tertiary alicyclic amines) is 1. The highest BCUT2D eigenvalue weighted by molar-refractivity contribution is 5.45. The lowest BCUT2D eigenvalue weighted by Crippen LogP contribution is -2.70. The van der Waals surface area contributed by atoms with Gasteiger partial charge in [0.2, 0.25) is 0 Å². The van der Waals surface area contributed by atoms with Crippen LogP contribution in [0, 0.1) is 0 Å². The highest BCUT2D eigenvalue weighted by atomic mass is 16.3. The van der Waals surface area contributed by atoms with Crippen molar-refractivity contribution in [1.29, 1.82) is 0 Å². The minimum absolute atomic E-state index is 0.183. The first kappa shape index (κ1) is 16.5. The van der Waals surface area contributed by atoms with E-state index in [1.807, 2.05) is 24.5 Å². The summed E-state index contributed by atoms with van der Waals surface area (Å²) in [7, 11) is 2.19. The molecular formula is C20H26N4O. The van der Waals surface area contributed by atoms with Gasteiger partial charge in [-0.05, 0) is 73.8 Å². The Hall–Kier alpha value is -1.95. The van der Waals surface area contributed by atoms with Crippen molar-refractivity contribution in [3.8, 4) is 5.75 Å².